The summed E-state index contributed by atoms with van der Waals surface area (Å²) in [7, 11) is 4.23. The molecule has 0 saturated carbocycles. The summed E-state index contributed by atoms with van der Waals surface area (Å²) in [5, 5.41) is 0. The summed E-state index contributed by atoms with van der Waals surface area (Å²) in [6.07, 6.45) is 5.64. The molecule has 0 spiro atoms. The van der Waals surface area contributed by atoms with Crippen molar-refractivity contribution >= 4 is 32.1 Å². The van der Waals surface area contributed by atoms with E-state index in [1.807, 2.05) is 0 Å². The fourth-order valence-corrected chi connectivity index (χ4v) is 3.43. The number of hydrogen-bond donors (Lipinski definition) is 0. The predicted molar refractivity (Wildman–Crippen MR) is 99.9 cm³/mol. The van der Waals surface area contributed by atoms with E-state index in [4.69, 9.17) is 0 Å². The molecule has 1 nitrogen and oxygen atoms in total. The zero-order chi connectivity index (χ0) is 15.5. The zero-order valence-electron chi connectivity index (χ0n) is 13.0. The van der Waals surface area contributed by atoms with Crippen LogP contribution in [0.5, 0.6) is 0 Å². The summed E-state index contributed by atoms with van der Waals surface area (Å²) >= 11 is 3.75. The first-order valence-corrected chi connectivity index (χ1v) is 8.37. The highest BCUT2D eigenvalue weighted by Crippen LogP contribution is 2.39. The van der Waals surface area contributed by atoms with Crippen molar-refractivity contribution < 1.29 is 0 Å². The lowest BCUT2D eigenvalue weighted by Crippen LogP contribution is -2.12. The minimum absolute atomic E-state index is 1.04. The van der Waals surface area contributed by atoms with Crippen molar-refractivity contribution in [1.82, 2.24) is 4.90 Å². The average molecular weight is 354 g/mol. The second-order valence-electron chi connectivity index (χ2n) is 5.83. The van der Waals surface area contributed by atoms with Crippen molar-refractivity contribution in [1.29, 1.82) is 0 Å². The molecule has 0 unspecified atom stereocenters. The van der Waals surface area contributed by atoms with Gasteiger partial charge in [-0.25, -0.2) is 0 Å². The molecule has 0 radical (unpaired) electrons. The molecule has 1 aliphatic carbocycles. The first-order chi connectivity index (χ1) is 10.7. The third kappa shape index (κ3) is 3.08. The maximum atomic E-state index is 3.75. The Morgan fingerprint density at radius 1 is 0.909 bits per heavy atom. The normalized spacial score (nSPS) is 15.3. The van der Waals surface area contributed by atoms with Crippen LogP contribution in [0.2, 0.25) is 0 Å². The third-order valence-corrected chi connectivity index (χ3v) is 4.59. The molecular weight excluding hydrogens is 334 g/mol. The van der Waals surface area contributed by atoms with E-state index >= 15 is 0 Å². The lowest BCUT2D eigenvalue weighted by molar-refractivity contribution is 0.417. The van der Waals surface area contributed by atoms with Crippen molar-refractivity contribution in [2.45, 2.75) is 6.42 Å². The van der Waals surface area contributed by atoms with Crippen LogP contribution in [0.4, 0.5) is 0 Å². The van der Waals surface area contributed by atoms with Crippen molar-refractivity contribution in [3.63, 3.8) is 0 Å². The van der Waals surface area contributed by atoms with Gasteiger partial charge in [-0.3, -0.25) is 0 Å². The maximum Gasteiger partial charge on any atom is 0.0260 e. The molecule has 2 aromatic rings. The zero-order valence-corrected chi connectivity index (χ0v) is 14.6. The highest BCUT2D eigenvalue weighted by atomic mass is 79.9. The molecule has 0 aliphatic heterocycles. The van der Waals surface area contributed by atoms with Gasteiger partial charge >= 0.3 is 0 Å². The molecule has 0 N–H and O–H groups in total. The van der Waals surface area contributed by atoms with Gasteiger partial charge in [-0.2, -0.15) is 0 Å². The molecule has 3 rings (SSSR count). The molecule has 0 bridgehead atoms. The quantitative estimate of drug-likeness (QED) is 0.725. The Labute approximate surface area is 141 Å². The summed E-state index contributed by atoms with van der Waals surface area (Å²) in [6, 6.07) is 17.2. The van der Waals surface area contributed by atoms with Crippen LogP contribution >= 0.6 is 15.9 Å². The van der Waals surface area contributed by atoms with E-state index in [1.165, 1.54) is 27.8 Å². The van der Waals surface area contributed by atoms with E-state index in [-0.39, 0.29) is 0 Å². The molecule has 0 aromatic heterocycles. The average Bonchev–Trinajstić information content (AvgIpc) is 2.63. The SMILES string of the molecule is CN(C)CC/C=C1\c2ccccc2C=C(Br)c2ccccc21. The van der Waals surface area contributed by atoms with Gasteiger partial charge in [0.2, 0.25) is 0 Å². The molecule has 0 fully saturated rings. The van der Waals surface area contributed by atoms with Gasteiger partial charge in [0.25, 0.3) is 0 Å². The lowest BCUT2D eigenvalue weighted by Gasteiger charge is -2.13. The fourth-order valence-electron chi connectivity index (χ4n) is 2.84. The van der Waals surface area contributed by atoms with Crippen molar-refractivity contribution in [2.75, 3.05) is 20.6 Å². The number of rotatable bonds is 3. The van der Waals surface area contributed by atoms with Crippen LogP contribution in [0.25, 0.3) is 16.1 Å². The molecule has 0 heterocycles. The van der Waals surface area contributed by atoms with Crippen molar-refractivity contribution in [2.24, 2.45) is 0 Å². The van der Waals surface area contributed by atoms with Gasteiger partial charge in [-0.15, -0.1) is 0 Å². The topological polar surface area (TPSA) is 3.24 Å². The second-order valence-corrected chi connectivity index (χ2v) is 6.69. The van der Waals surface area contributed by atoms with E-state index in [9.17, 15) is 0 Å². The van der Waals surface area contributed by atoms with Gasteiger partial charge in [-0.1, -0.05) is 70.5 Å². The van der Waals surface area contributed by atoms with E-state index < -0.39 is 0 Å². The summed E-state index contributed by atoms with van der Waals surface area (Å²) in [5.74, 6) is 0. The van der Waals surface area contributed by atoms with Crippen LogP contribution in [-0.4, -0.2) is 25.5 Å². The summed E-state index contributed by atoms with van der Waals surface area (Å²) in [5.41, 5.74) is 6.47. The first kappa shape index (κ1) is 15.3. The van der Waals surface area contributed by atoms with Crippen LogP contribution in [0.15, 0.2) is 54.6 Å². The van der Waals surface area contributed by atoms with Gasteiger partial charge in [0.05, 0.1) is 0 Å². The Morgan fingerprint density at radius 2 is 1.55 bits per heavy atom. The van der Waals surface area contributed by atoms with Gasteiger partial charge in [-0.05, 0) is 54.4 Å². The van der Waals surface area contributed by atoms with Crippen LogP contribution in [0, 0.1) is 0 Å². The number of benzene rings is 2. The smallest absolute Gasteiger partial charge is 0.0260 e. The van der Waals surface area contributed by atoms with Crippen LogP contribution in [0.3, 0.4) is 0 Å². The van der Waals surface area contributed by atoms with Gasteiger partial charge in [0.15, 0.2) is 0 Å². The molecule has 0 atom stereocenters. The molecule has 2 aromatic carbocycles. The Bertz CT molecular complexity index is 741. The Balaban J connectivity index is 2.16. The minimum atomic E-state index is 1.04. The standard InChI is InChI=1S/C20H20BrN/c1-22(2)13-7-12-17-16-9-4-3-8-15(16)14-20(21)19-11-6-5-10-18(17)19/h3-6,8-12,14H,7,13H2,1-2H3/b17-12+. The Hall–Kier alpha value is -1.64. The first-order valence-electron chi connectivity index (χ1n) is 7.58. The van der Waals surface area contributed by atoms with Crippen LogP contribution in [0.1, 0.15) is 28.7 Å². The van der Waals surface area contributed by atoms with E-state index in [0.29, 0.717) is 0 Å². The molecule has 0 saturated heterocycles. The fraction of sp³-hybridized carbons (Fsp3) is 0.200. The van der Waals surface area contributed by atoms with Crippen molar-refractivity contribution in [3.8, 4) is 0 Å². The summed E-state index contributed by atoms with van der Waals surface area (Å²) in [6.45, 7) is 1.06. The molecule has 22 heavy (non-hydrogen) atoms. The molecule has 112 valence electrons. The van der Waals surface area contributed by atoms with Crippen LogP contribution in [-0.2, 0) is 0 Å². The van der Waals surface area contributed by atoms with E-state index in [1.54, 1.807) is 0 Å². The number of nitrogens with zero attached hydrogens (tertiary/aromatic N) is 1. The molecule has 0 amide bonds. The van der Waals surface area contributed by atoms with Crippen LogP contribution < -0.4 is 0 Å². The van der Waals surface area contributed by atoms with Gasteiger partial charge < -0.3 is 4.90 Å². The van der Waals surface area contributed by atoms with Crippen molar-refractivity contribution in [3.05, 3.63) is 76.9 Å². The summed E-state index contributed by atoms with van der Waals surface area (Å²) in [4.78, 5) is 2.22. The third-order valence-electron chi connectivity index (χ3n) is 3.93. The maximum absolute atomic E-state index is 3.75. The molecule has 2 heteroatoms. The number of halogens is 1. The van der Waals surface area contributed by atoms with E-state index in [0.717, 1.165) is 17.4 Å². The second kappa shape index (κ2) is 6.64. The predicted octanol–water partition coefficient (Wildman–Crippen LogP) is 5.28. The largest absolute Gasteiger partial charge is 0.309 e. The van der Waals surface area contributed by atoms with Gasteiger partial charge in [0, 0.05) is 11.0 Å². The highest BCUT2D eigenvalue weighted by Gasteiger charge is 2.17. The minimum Gasteiger partial charge on any atom is -0.309 e. The van der Waals surface area contributed by atoms with E-state index in [2.05, 4.69) is 95.6 Å². The lowest BCUT2D eigenvalue weighted by atomic mass is 9.93. The Morgan fingerprint density at radius 3 is 2.27 bits per heavy atom. The Kier molecular flexibility index (Phi) is 4.60. The number of fused-ring (bicyclic) bond motifs is 2. The molecular formula is C20H20BrN. The molecule has 1 aliphatic rings. The monoisotopic (exact) mass is 353 g/mol. The highest BCUT2D eigenvalue weighted by molar-refractivity contribution is 9.15. The van der Waals surface area contributed by atoms with Gasteiger partial charge in [0.1, 0.15) is 0 Å². The number of hydrogen-bond acceptors (Lipinski definition) is 1. The summed E-state index contributed by atoms with van der Waals surface area (Å²) < 4.78 is 1.14.